The zero-order valence-electron chi connectivity index (χ0n) is 11.2. The van der Waals surface area contributed by atoms with E-state index in [0.29, 0.717) is 19.1 Å². The number of nitro groups is 1. The second kappa shape index (κ2) is 7.82. The minimum Gasteiger partial charge on any atom is -0.390 e. The van der Waals surface area contributed by atoms with E-state index in [1.54, 1.807) is 7.11 Å². The molecule has 2 N–H and O–H groups in total. The van der Waals surface area contributed by atoms with E-state index in [-0.39, 0.29) is 12.2 Å². The molecule has 0 aliphatic rings. The maximum Gasteiger partial charge on any atom is 0.306 e. The number of nitrogens with one attached hydrogen (secondary N) is 1. The second-order valence-electron chi connectivity index (χ2n) is 4.55. The number of aliphatic hydroxyl groups excluding tert-OH is 1. The second-order valence-corrected chi connectivity index (χ2v) is 4.55. The maximum absolute atomic E-state index is 10.5. The Kier molecular flexibility index (Phi) is 6.40. The highest BCUT2D eigenvalue weighted by atomic mass is 16.6. The van der Waals surface area contributed by atoms with Gasteiger partial charge < -0.3 is 15.2 Å². The van der Waals surface area contributed by atoms with Crippen molar-refractivity contribution in [3.63, 3.8) is 0 Å². The smallest absolute Gasteiger partial charge is 0.306 e. The van der Waals surface area contributed by atoms with Crippen molar-refractivity contribution in [2.24, 2.45) is 5.92 Å². The molecule has 2 atom stereocenters. The summed E-state index contributed by atoms with van der Waals surface area (Å²) >= 11 is 0. The summed E-state index contributed by atoms with van der Waals surface area (Å²) < 4.78 is 6.37. The molecule has 0 radical (unpaired) electrons. The van der Waals surface area contributed by atoms with Crippen LogP contribution in [0.4, 0.5) is 5.69 Å². The van der Waals surface area contributed by atoms with Crippen molar-refractivity contribution in [2.45, 2.75) is 19.6 Å². The number of ether oxygens (including phenoxy) is 1. The fraction of sp³-hybridized carbons (Fsp3) is 0.727. The average molecular weight is 272 g/mol. The molecule has 0 aliphatic heterocycles. The van der Waals surface area contributed by atoms with Crippen LogP contribution >= 0.6 is 0 Å². The van der Waals surface area contributed by atoms with Gasteiger partial charge in [-0.3, -0.25) is 14.8 Å². The van der Waals surface area contributed by atoms with Crippen molar-refractivity contribution in [1.29, 1.82) is 0 Å². The van der Waals surface area contributed by atoms with Crippen molar-refractivity contribution in [2.75, 3.05) is 26.8 Å². The van der Waals surface area contributed by atoms with Gasteiger partial charge >= 0.3 is 5.69 Å². The molecule has 1 aromatic rings. The average Bonchev–Trinajstić information content (AvgIpc) is 2.78. The Labute approximate surface area is 111 Å². The summed E-state index contributed by atoms with van der Waals surface area (Å²) in [6, 6.07) is 0. The lowest BCUT2D eigenvalue weighted by atomic mass is 10.2. The van der Waals surface area contributed by atoms with Crippen LogP contribution in [-0.4, -0.2) is 52.7 Å². The van der Waals surface area contributed by atoms with Crippen molar-refractivity contribution in [3.05, 3.63) is 22.5 Å². The molecule has 19 heavy (non-hydrogen) atoms. The highest BCUT2D eigenvalue weighted by Gasteiger charge is 2.12. The van der Waals surface area contributed by atoms with E-state index in [4.69, 9.17) is 4.74 Å². The Bertz CT molecular complexity index is 396. The van der Waals surface area contributed by atoms with Crippen molar-refractivity contribution >= 4 is 5.69 Å². The fourth-order valence-electron chi connectivity index (χ4n) is 1.67. The molecule has 1 rings (SSSR count). The third-order valence-corrected chi connectivity index (χ3v) is 2.55. The Morgan fingerprint density at radius 3 is 2.95 bits per heavy atom. The molecule has 0 saturated carbocycles. The van der Waals surface area contributed by atoms with Crippen LogP contribution in [0.1, 0.15) is 6.92 Å². The molecule has 0 spiro atoms. The third kappa shape index (κ3) is 5.77. The standard InChI is InChI=1S/C11H20N4O4/c1-9(8-19-2)3-12-5-11(16)7-14-6-10(4-13-14)15(17)18/h4,6,9,11-12,16H,3,5,7-8H2,1-2H3. The zero-order valence-corrected chi connectivity index (χ0v) is 11.2. The molecule has 1 aromatic heterocycles. The molecule has 0 amide bonds. The SMILES string of the molecule is COCC(C)CNCC(O)Cn1cc([N+](=O)[O-])cn1. The molecule has 2 unspecified atom stereocenters. The lowest BCUT2D eigenvalue weighted by Crippen LogP contribution is -2.33. The molecule has 0 bridgehead atoms. The van der Waals surface area contributed by atoms with E-state index in [1.807, 2.05) is 6.92 Å². The van der Waals surface area contributed by atoms with Crippen LogP contribution in [0, 0.1) is 16.0 Å². The van der Waals surface area contributed by atoms with Gasteiger partial charge in [-0.2, -0.15) is 5.10 Å². The Morgan fingerprint density at radius 2 is 2.37 bits per heavy atom. The van der Waals surface area contributed by atoms with Gasteiger partial charge in [0.25, 0.3) is 0 Å². The summed E-state index contributed by atoms with van der Waals surface area (Å²) in [6.45, 7) is 4.07. The molecule has 1 heterocycles. The number of aliphatic hydroxyl groups is 1. The van der Waals surface area contributed by atoms with Gasteiger partial charge in [-0.05, 0) is 12.5 Å². The van der Waals surface area contributed by atoms with E-state index >= 15 is 0 Å². The molecular formula is C11H20N4O4. The molecule has 0 saturated heterocycles. The summed E-state index contributed by atoms with van der Waals surface area (Å²) in [7, 11) is 1.65. The topological polar surface area (TPSA) is 102 Å². The van der Waals surface area contributed by atoms with E-state index in [9.17, 15) is 15.2 Å². The van der Waals surface area contributed by atoms with Crippen LogP contribution in [0.3, 0.4) is 0 Å². The number of rotatable bonds is 9. The van der Waals surface area contributed by atoms with Gasteiger partial charge in [0.1, 0.15) is 12.4 Å². The maximum atomic E-state index is 10.5. The lowest BCUT2D eigenvalue weighted by molar-refractivity contribution is -0.385. The largest absolute Gasteiger partial charge is 0.390 e. The lowest BCUT2D eigenvalue weighted by Gasteiger charge is -2.14. The van der Waals surface area contributed by atoms with Gasteiger partial charge in [-0.15, -0.1) is 0 Å². The minimum absolute atomic E-state index is 0.0751. The molecular weight excluding hydrogens is 252 g/mol. The summed E-state index contributed by atoms with van der Waals surface area (Å²) in [6.07, 6.45) is 1.83. The van der Waals surface area contributed by atoms with Gasteiger partial charge in [0.05, 0.1) is 17.6 Å². The molecule has 108 valence electrons. The molecule has 8 heteroatoms. The highest BCUT2D eigenvalue weighted by Crippen LogP contribution is 2.07. The molecule has 0 aromatic carbocycles. The van der Waals surface area contributed by atoms with Crippen LogP contribution in [0.15, 0.2) is 12.4 Å². The van der Waals surface area contributed by atoms with E-state index in [0.717, 1.165) is 6.54 Å². The molecule has 8 nitrogen and oxygen atoms in total. The van der Waals surface area contributed by atoms with Crippen LogP contribution in [0.25, 0.3) is 0 Å². The Hall–Kier alpha value is -1.51. The van der Waals surface area contributed by atoms with Gasteiger partial charge in [0.2, 0.25) is 0 Å². The first-order valence-electron chi connectivity index (χ1n) is 6.07. The van der Waals surface area contributed by atoms with Gasteiger partial charge in [0.15, 0.2) is 0 Å². The third-order valence-electron chi connectivity index (χ3n) is 2.55. The van der Waals surface area contributed by atoms with Crippen molar-refractivity contribution in [3.8, 4) is 0 Å². The van der Waals surface area contributed by atoms with Crippen LogP contribution in [0.2, 0.25) is 0 Å². The number of aromatic nitrogens is 2. The summed E-state index contributed by atoms with van der Waals surface area (Å²) in [5.74, 6) is 0.364. The normalized spacial score (nSPS) is 14.3. The van der Waals surface area contributed by atoms with Gasteiger partial charge in [-0.1, -0.05) is 6.92 Å². The minimum atomic E-state index is -0.644. The highest BCUT2D eigenvalue weighted by molar-refractivity contribution is 5.20. The summed E-state index contributed by atoms with van der Waals surface area (Å²) in [5, 5.41) is 27.2. The Morgan fingerprint density at radius 1 is 1.63 bits per heavy atom. The summed E-state index contributed by atoms with van der Waals surface area (Å²) in [4.78, 5) is 9.96. The predicted octanol–water partition coefficient (Wildman–Crippen LogP) is 0.0243. The van der Waals surface area contributed by atoms with Gasteiger partial charge in [-0.25, -0.2) is 0 Å². The fourth-order valence-corrected chi connectivity index (χ4v) is 1.67. The van der Waals surface area contributed by atoms with Crippen molar-refractivity contribution in [1.82, 2.24) is 15.1 Å². The predicted molar refractivity (Wildman–Crippen MR) is 68.8 cm³/mol. The number of nitrogens with zero attached hydrogens (tertiary/aromatic N) is 3. The Balaban J connectivity index is 2.26. The van der Waals surface area contributed by atoms with E-state index in [2.05, 4.69) is 10.4 Å². The summed E-state index contributed by atoms with van der Waals surface area (Å²) in [5.41, 5.74) is -0.0751. The van der Waals surface area contributed by atoms with Gasteiger partial charge in [0, 0.05) is 20.3 Å². The van der Waals surface area contributed by atoms with Crippen LogP contribution in [-0.2, 0) is 11.3 Å². The van der Waals surface area contributed by atoms with Crippen LogP contribution < -0.4 is 5.32 Å². The first-order chi connectivity index (χ1) is 9.02. The monoisotopic (exact) mass is 272 g/mol. The van der Waals surface area contributed by atoms with Crippen molar-refractivity contribution < 1.29 is 14.8 Å². The van der Waals surface area contributed by atoms with E-state index < -0.39 is 11.0 Å². The number of hydrogen-bond acceptors (Lipinski definition) is 6. The quantitative estimate of drug-likeness (QED) is 0.485. The zero-order chi connectivity index (χ0) is 14.3. The first kappa shape index (κ1) is 15.5. The van der Waals surface area contributed by atoms with Crippen LogP contribution in [0.5, 0.6) is 0 Å². The first-order valence-corrected chi connectivity index (χ1v) is 6.07. The number of methoxy groups -OCH3 is 1. The molecule has 0 fully saturated rings. The molecule has 0 aliphatic carbocycles. The van der Waals surface area contributed by atoms with E-state index in [1.165, 1.54) is 17.1 Å². The number of hydrogen-bond donors (Lipinski definition) is 2.